The van der Waals surface area contributed by atoms with E-state index in [1.807, 2.05) is 26.8 Å². The van der Waals surface area contributed by atoms with Gasteiger partial charge < -0.3 is 5.32 Å². The molecule has 2 heterocycles. The fraction of sp³-hybridized carbons (Fsp3) is 0.286. The predicted octanol–water partition coefficient (Wildman–Crippen LogP) is 4.04. The first-order valence-electron chi connectivity index (χ1n) is 9.91. The van der Waals surface area contributed by atoms with E-state index in [0.717, 1.165) is 22.6 Å². The number of sulfonamides is 1. The van der Waals surface area contributed by atoms with Crippen molar-refractivity contribution in [1.29, 1.82) is 5.26 Å². The largest absolute Gasteiger partial charge is 0.325 e. The van der Waals surface area contributed by atoms with Crippen molar-refractivity contribution in [3.05, 3.63) is 52.2 Å². The summed E-state index contributed by atoms with van der Waals surface area (Å²) >= 11 is 2.38. The summed E-state index contributed by atoms with van der Waals surface area (Å²) in [6, 6.07) is 9.84. The number of hydrogen-bond acceptors (Lipinski definition) is 9. The normalized spacial score (nSPS) is 12.1. The first kappa shape index (κ1) is 24.6. The number of nitrogens with one attached hydrogen (secondary N) is 2. The first-order valence-corrected chi connectivity index (χ1v) is 13.1. The van der Waals surface area contributed by atoms with Gasteiger partial charge in [0.2, 0.25) is 11.0 Å². The topological polar surface area (TPSA) is 138 Å². The number of nitriles is 1. The molecule has 0 radical (unpaired) electrons. The molecule has 9 nitrogen and oxygen atoms in total. The maximum atomic E-state index is 12.9. The second-order valence-electron chi connectivity index (χ2n) is 7.13. The highest BCUT2D eigenvalue weighted by molar-refractivity contribution is 8.00. The molecule has 0 bridgehead atoms. The molecule has 3 aromatic rings. The van der Waals surface area contributed by atoms with Crippen LogP contribution in [0.3, 0.4) is 0 Å². The highest BCUT2D eigenvalue weighted by Gasteiger charge is 2.22. The molecule has 2 aromatic heterocycles. The van der Waals surface area contributed by atoms with Gasteiger partial charge in [0.25, 0.3) is 10.0 Å². The molecule has 3 rings (SSSR count). The van der Waals surface area contributed by atoms with Crippen LogP contribution < -0.4 is 10.0 Å². The number of carbonyl (C=O) groups is 1. The highest BCUT2D eigenvalue weighted by atomic mass is 32.2. The highest BCUT2D eigenvalue weighted by Crippen LogP contribution is 2.30. The Morgan fingerprint density at radius 3 is 2.48 bits per heavy atom. The van der Waals surface area contributed by atoms with E-state index in [1.54, 1.807) is 6.92 Å². The number of anilines is 2. The molecule has 172 valence electrons. The van der Waals surface area contributed by atoms with Crippen LogP contribution in [0.25, 0.3) is 0 Å². The van der Waals surface area contributed by atoms with Crippen LogP contribution in [0.15, 0.2) is 40.3 Å². The molecule has 1 atom stereocenters. The number of thioether (sulfide) groups is 1. The predicted molar refractivity (Wildman–Crippen MR) is 129 cm³/mol. The average Bonchev–Trinajstić information content (AvgIpc) is 3.15. The quantitative estimate of drug-likeness (QED) is 0.440. The molecule has 1 amide bonds. The number of pyridine rings is 1. The van der Waals surface area contributed by atoms with Gasteiger partial charge in [-0.25, -0.2) is 13.4 Å². The summed E-state index contributed by atoms with van der Waals surface area (Å²) in [7, 11) is -3.82. The van der Waals surface area contributed by atoms with Crippen molar-refractivity contribution in [2.75, 3.05) is 10.0 Å². The van der Waals surface area contributed by atoms with Crippen LogP contribution in [0.5, 0.6) is 0 Å². The number of aryl methyl sites for hydroxylation is 3. The van der Waals surface area contributed by atoms with E-state index in [1.165, 1.54) is 36.0 Å². The fourth-order valence-corrected chi connectivity index (χ4v) is 5.88. The lowest BCUT2D eigenvalue weighted by Crippen LogP contribution is -2.25. The number of rotatable bonds is 8. The SMILES string of the molecule is CCC(Sc1nc(C)cc(C)c1C#N)C(=O)Nc1ccc(S(=O)(=O)Nc2nnc(C)s2)cc1. The summed E-state index contributed by atoms with van der Waals surface area (Å²) in [5.74, 6) is -0.259. The molecule has 0 aliphatic rings. The van der Waals surface area contributed by atoms with Crippen molar-refractivity contribution >= 4 is 49.8 Å². The van der Waals surface area contributed by atoms with Gasteiger partial charge in [-0.15, -0.1) is 10.2 Å². The zero-order valence-electron chi connectivity index (χ0n) is 18.4. The second-order valence-corrected chi connectivity index (χ2v) is 11.2. The van der Waals surface area contributed by atoms with Crippen molar-refractivity contribution in [3.8, 4) is 6.07 Å². The lowest BCUT2D eigenvalue weighted by atomic mass is 10.1. The third-order valence-electron chi connectivity index (χ3n) is 4.52. The van der Waals surface area contributed by atoms with E-state index in [2.05, 4.69) is 31.3 Å². The Balaban J connectivity index is 1.71. The standard InChI is InChI=1S/C21H22N6O3S3/c1-5-18(32-20-17(11-22)12(2)10-13(3)23-20)19(28)24-15-6-8-16(9-7-15)33(29,30)27-21-26-25-14(4)31-21/h6-10,18H,5H2,1-4H3,(H,24,28)(H,26,27). The molecular formula is C21H22N6O3S3. The molecule has 0 saturated carbocycles. The van der Waals surface area contributed by atoms with E-state index >= 15 is 0 Å². The Hall–Kier alpha value is -3.01. The van der Waals surface area contributed by atoms with E-state index in [4.69, 9.17) is 0 Å². The molecule has 1 aromatic carbocycles. The lowest BCUT2D eigenvalue weighted by Gasteiger charge is -2.16. The molecule has 12 heteroatoms. The molecule has 0 aliphatic carbocycles. The van der Waals surface area contributed by atoms with E-state index < -0.39 is 15.3 Å². The molecule has 1 unspecified atom stereocenters. The summed E-state index contributed by atoms with van der Waals surface area (Å²) in [4.78, 5) is 17.3. The van der Waals surface area contributed by atoms with Crippen molar-refractivity contribution in [3.63, 3.8) is 0 Å². The van der Waals surface area contributed by atoms with Crippen LogP contribution in [0.2, 0.25) is 0 Å². The molecule has 0 aliphatic heterocycles. The maximum Gasteiger partial charge on any atom is 0.263 e. The van der Waals surface area contributed by atoms with Gasteiger partial charge in [0, 0.05) is 11.4 Å². The van der Waals surface area contributed by atoms with Crippen LogP contribution in [-0.2, 0) is 14.8 Å². The van der Waals surface area contributed by atoms with Crippen LogP contribution in [-0.4, -0.2) is 34.8 Å². The minimum atomic E-state index is -3.82. The van der Waals surface area contributed by atoms with Gasteiger partial charge in [-0.05, 0) is 63.1 Å². The van der Waals surface area contributed by atoms with Gasteiger partial charge >= 0.3 is 0 Å². The summed E-state index contributed by atoms with van der Waals surface area (Å²) in [6.07, 6.45) is 0.522. The van der Waals surface area contributed by atoms with Crippen molar-refractivity contribution in [2.24, 2.45) is 0 Å². The van der Waals surface area contributed by atoms with E-state index in [-0.39, 0.29) is 15.9 Å². The van der Waals surface area contributed by atoms with Gasteiger partial charge in [0.15, 0.2) is 0 Å². The van der Waals surface area contributed by atoms with Gasteiger partial charge in [0.05, 0.1) is 15.7 Å². The third-order valence-corrected chi connectivity index (χ3v) is 8.11. The monoisotopic (exact) mass is 502 g/mol. The minimum Gasteiger partial charge on any atom is -0.325 e. The van der Waals surface area contributed by atoms with Crippen LogP contribution in [0.4, 0.5) is 10.8 Å². The van der Waals surface area contributed by atoms with Crippen molar-refractivity contribution in [1.82, 2.24) is 15.2 Å². The molecule has 2 N–H and O–H groups in total. The summed E-state index contributed by atoms with van der Waals surface area (Å²) in [6.45, 7) is 7.29. The first-order chi connectivity index (χ1) is 15.6. The molecular weight excluding hydrogens is 480 g/mol. The van der Waals surface area contributed by atoms with Crippen molar-refractivity contribution < 1.29 is 13.2 Å². The van der Waals surface area contributed by atoms with Crippen LogP contribution >= 0.6 is 23.1 Å². The van der Waals surface area contributed by atoms with Gasteiger partial charge in [-0.2, -0.15) is 5.26 Å². The van der Waals surface area contributed by atoms with E-state index in [9.17, 15) is 18.5 Å². The third kappa shape index (κ3) is 6.07. The zero-order chi connectivity index (χ0) is 24.2. The number of aromatic nitrogens is 3. The molecule has 0 spiro atoms. The number of hydrogen-bond donors (Lipinski definition) is 2. The summed E-state index contributed by atoms with van der Waals surface area (Å²) < 4.78 is 27.4. The Kier molecular flexibility index (Phi) is 7.68. The average molecular weight is 503 g/mol. The minimum absolute atomic E-state index is 0.0351. The van der Waals surface area contributed by atoms with Gasteiger partial charge in [0.1, 0.15) is 16.1 Å². The zero-order valence-corrected chi connectivity index (χ0v) is 20.9. The number of amides is 1. The Labute approximate surface area is 200 Å². The maximum absolute atomic E-state index is 12.9. The van der Waals surface area contributed by atoms with Crippen LogP contribution in [0, 0.1) is 32.1 Å². The van der Waals surface area contributed by atoms with Gasteiger partial charge in [-0.3, -0.25) is 9.52 Å². The Bertz CT molecular complexity index is 1310. The number of benzene rings is 1. The number of carbonyl (C=O) groups excluding carboxylic acids is 1. The molecule has 0 fully saturated rings. The van der Waals surface area contributed by atoms with E-state index in [0.29, 0.717) is 27.7 Å². The lowest BCUT2D eigenvalue weighted by molar-refractivity contribution is -0.115. The summed E-state index contributed by atoms with van der Waals surface area (Å²) in [5.41, 5.74) is 2.51. The molecule has 0 saturated heterocycles. The smallest absolute Gasteiger partial charge is 0.263 e. The molecule has 33 heavy (non-hydrogen) atoms. The second kappa shape index (κ2) is 10.3. The van der Waals surface area contributed by atoms with Crippen LogP contribution in [0.1, 0.15) is 35.2 Å². The Morgan fingerprint density at radius 2 is 1.91 bits per heavy atom. The fourth-order valence-electron chi connectivity index (χ4n) is 2.93. The number of nitrogens with zero attached hydrogens (tertiary/aromatic N) is 4. The summed E-state index contributed by atoms with van der Waals surface area (Å²) in [5, 5.41) is 20.7. The van der Waals surface area contributed by atoms with Gasteiger partial charge in [-0.1, -0.05) is 30.0 Å². The Morgan fingerprint density at radius 1 is 1.21 bits per heavy atom. The van der Waals surface area contributed by atoms with Crippen molar-refractivity contribution in [2.45, 2.75) is 49.3 Å².